The van der Waals surface area contributed by atoms with Crippen LogP contribution in [-0.2, 0) is 4.79 Å². The molecule has 0 aliphatic rings. The number of benzene rings is 1. The van der Waals surface area contributed by atoms with Gasteiger partial charge in [0, 0.05) is 12.3 Å². The zero-order valence-corrected chi connectivity index (χ0v) is 16.6. The highest BCUT2D eigenvalue weighted by Gasteiger charge is 2.22. The summed E-state index contributed by atoms with van der Waals surface area (Å²) in [5.41, 5.74) is 2.93. The summed E-state index contributed by atoms with van der Waals surface area (Å²) in [7, 11) is 3.00. The first-order chi connectivity index (χ1) is 13.8. The molecule has 9 nitrogen and oxygen atoms in total. The summed E-state index contributed by atoms with van der Waals surface area (Å²) in [6.07, 6.45) is 1.17. The van der Waals surface area contributed by atoms with Crippen LogP contribution in [0.2, 0.25) is 0 Å². The Bertz CT molecular complexity index is 1080. The average Bonchev–Trinajstić information content (AvgIpc) is 3.08. The number of ether oxygens (including phenoxy) is 2. The van der Waals surface area contributed by atoms with Gasteiger partial charge < -0.3 is 19.9 Å². The van der Waals surface area contributed by atoms with E-state index >= 15 is 0 Å². The van der Waals surface area contributed by atoms with Gasteiger partial charge in [0.15, 0.2) is 17.1 Å². The van der Waals surface area contributed by atoms with Crippen LogP contribution in [0.1, 0.15) is 39.8 Å². The lowest BCUT2D eigenvalue weighted by atomic mass is 10.0. The summed E-state index contributed by atoms with van der Waals surface area (Å²) in [6.45, 7) is 3.60. The molecule has 2 N–H and O–H groups in total. The fourth-order valence-corrected chi connectivity index (χ4v) is 3.12. The van der Waals surface area contributed by atoms with Crippen LogP contribution >= 0.6 is 0 Å². The number of nitrogens with zero attached hydrogens (tertiary/aromatic N) is 3. The molecule has 9 heteroatoms. The van der Waals surface area contributed by atoms with Crippen molar-refractivity contribution in [2.75, 3.05) is 14.2 Å². The number of methoxy groups -OCH3 is 2. The van der Waals surface area contributed by atoms with Gasteiger partial charge in [-0.2, -0.15) is 5.10 Å². The summed E-state index contributed by atoms with van der Waals surface area (Å²) in [4.78, 5) is 28.6. The van der Waals surface area contributed by atoms with Gasteiger partial charge >= 0.3 is 5.97 Å². The van der Waals surface area contributed by atoms with Gasteiger partial charge in [0.1, 0.15) is 0 Å². The van der Waals surface area contributed by atoms with Gasteiger partial charge in [0.25, 0.3) is 5.91 Å². The number of rotatable bonds is 7. The van der Waals surface area contributed by atoms with Gasteiger partial charge in [-0.1, -0.05) is 6.07 Å². The van der Waals surface area contributed by atoms with Crippen molar-refractivity contribution in [3.05, 3.63) is 53.0 Å². The number of amides is 1. The SMILES string of the molecule is COc1ccc(C(CC(=O)O)NC(=O)c2cnc3cc(C)nn3c2C)cc1OC. The van der Waals surface area contributed by atoms with Crippen molar-refractivity contribution in [1.82, 2.24) is 19.9 Å². The number of hydrogen-bond acceptors (Lipinski definition) is 6. The predicted octanol–water partition coefficient (Wildman–Crippen LogP) is 2.31. The molecular weight excluding hydrogens is 376 g/mol. The summed E-state index contributed by atoms with van der Waals surface area (Å²) < 4.78 is 12.1. The van der Waals surface area contributed by atoms with E-state index in [2.05, 4.69) is 15.4 Å². The Morgan fingerprint density at radius 1 is 1.17 bits per heavy atom. The molecule has 0 bridgehead atoms. The fourth-order valence-electron chi connectivity index (χ4n) is 3.12. The van der Waals surface area contributed by atoms with E-state index in [9.17, 15) is 14.7 Å². The highest BCUT2D eigenvalue weighted by Crippen LogP contribution is 2.31. The van der Waals surface area contributed by atoms with Crippen LogP contribution in [0, 0.1) is 13.8 Å². The minimum absolute atomic E-state index is 0.295. The van der Waals surface area contributed by atoms with Crippen LogP contribution in [0.5, 0.6) is 11.5 Å². The Labute approximate surface area is 167 Å². The second-order valence-electron chi connectivity index (χ2n) is 6.55. The number of carboxylic acid groups (broad SMARTS) is 1. The van der Waals surface area contributed by atoms with Crippen LogP contribution in [0.3, 0.4) is 0 Å². The molecular formula is C20H22N4O5. The van der Waals surface area contributed by atoms with Gasteiger partial charge in [-0.25, -0.2) is 9.50 Å². The van der Waals surface area contributed by atoms with Crippen molar-refractivity contribution in [3.8, 4) is 11.5 Å². The van der Waals surface area contributed by atoms with Crippen LogP contribution in [0.25, 0.3) is 5.65 Å². The van der Waals surface area contributed by atoms with E-state index in [-0.39, 0.29) is 6.42 Å². The standard InChI is InChI=1S/C20H22N4O5/c1-11-7-18-21-10-14(12(2)24(18)23-11)20(27)22-15(9-19(25)26)13-5-6-16(28-3)17(8-13)29-4/h5-8,10,15H,9H2,1-4H3,(H,22,27)(H,25,26). The molecule has 0 spiro atoms. The molecule has 0 aliphatic heterocycles. The maximum atomic E-state index is 12.9. The summed E-state index contributed by atoms with van der Waals surface area (Å²) >= 11 is 0. The van der Waals surface area contributed by atoms with E-state index in [1.165, 1.54) is 20.4 Å². The molecule has 29 heavy (non-hydrogen) atoms. The van der Waals surface area contributed by atoms with Gasteiger partial charge in [-0.3, -0.25) is 9.59 Å². The first-order valence-corrected chi connectivity index (χ1v) is 8.90. The first-order valence-electron chi connectivity index (χ1n) is 8.90. The fraction of sp³-hybridized carbons (Fsp3) is 0.300. The maximum absolute atomic E-state index is 12.9. The lowest BCUT2D eigenvalue weighted by Crippen LogP contribution is -2.31. The van der Waals surface area contributed by atoms with Crippen molar-refractivity contribution in [3.63, 3.8) is 0 Å². The Balaban J connectivity index is 1.94. The van der Waals surface area contributed by atoms with Crippen LogP contribution < -0.4 is 14.8 Å². The quantitative estimate of drug-likeness (QED) is 0.627. The Kier molecular flexibility index (Phi) is 5.67. The maximum Gasteiger partial charge on any atom is 0.305 e. The molecule has 2 aromatic heterocycles. The van der Waals surface area contributed by atoms with E-state index in [1.54, 1.807) is 29.6 Å². The van der Waals surface area contributed by atoms with E-state index in [0.29, 0.717) is 34.0 Å². The number of aromatic nitrogens is 3. The van der Waals surface area contributed by atoms with E-state index in [4.69, 9.17) is 9.47 Å². The molecule has 0 saturated carbocycles. The molecule has 152 valence electrons. The summed E-state index contributed by atoms with van der Waals surface area (Å²) in [5, 5.41) is 16.4. The Hall–Kier alpha value is -3.62. The Morgan fingerprint density at radius 3 is 2.55 bits per heavy atom. The highest BCUT2D eigenvalue weighted by atomic mass is 16.5. The number of hydrogen-bond donors (Lipinski definition) is 2. The molecule has 1 amide bonds. The predicted molar refractivity (Wildman–Crippen MR) is 104 cm³/mol. The molecule has 1 unspecified atom stereocenters. The lowest BCUT2D eigenvalue weighted by Gasteiger charge is -2.19. The van der Waals surface area contributed by atoms with Crippen molar-refractivity contribution >= 4 is 17.5 Å². The number of carbonyl (C=O) groups excluding carboxylic acids is 1. The monoisotopic (exact) mass is 398 g/mol. The molecule has 0 aliphatic carbocycles. The first kappa shape index (κ1) is 20.1. The third-order valence-electron chi connectivity index (χ3n) is 4.58. The van der Waals surface area contributed by atoms with Crippen molar-refractivity contribution in [2.24, 2.45) is 0 Å². The number of carboxylic acids is 1. The van der Waals surface area contributed by atoms with Crippen LogP contribution in [0.4, 0.5) is 0 Å². The number of carbonyl (C=O) groups is 2. The second kappa shape index (κ2) is 8.17. The Morgan fingerprint density at radius 2 is 1.90 bits per heavy atom. The van der Waals surface area contributed by atoms with Gasteiger partial charge in [-0.05, 0) is 31.5 Å². The van der Waals surface area contributed by atoms with E-state index in [1.807, 2.05) is 13.0 Å². The van der Waals surface area contributed by atoms with Crippen molar-refractivity contribution < 1.29 is 24.2 Å². The molecule has 0 radical (unpaired) electrons. The number of aryl methyl sites for hydroxylation is 2. The normalized spacial score (nSPS) is 11.9. The minimum atomic E-state index is -1.04. The molecule has 3 rings (SSSR count). The third-order valence-corrected chi connectivity index (χ3v) is 4.58. The van der Waals surface area contributed by atoms with Crippen LogP contribution in [0.15, 0.2) is 30.5 Å². The molecule has 3 aromatic rings. The van der Waals surface area contributed by atoms with Crippen LogP contribution in [-0.4, -0.2) is 45.8 Å². The minimum Gasteiger partial charge on any atom is -0.493 e. The van der Waals surface area contributed by atoms with E-state index in [0.717, 1.165) is 5.69 Å². The van der Waals surface area contributed by atoms with Gasteiger partial charge in [0.2, 0.25) is 0 Å². The number of fused-ring (bicyclic) bond motifs is 1. The average molecular weight is 398 g/mol. The zero-order valence-electron chi connectivity index (χ0n) is 16.6. The molecule has 1 aromatic carbocycles. The van der Waals surface area contributed by atoms with Crippen molar-refractivity contribution in [2.45, 2.75) is 26.3 Å². The second-order valence-corrected chi connectivity index (χ2v) is 6.55. The molecule has 1 atom stereocenters. The smallest absolute Gasteiger partial charge is 0.305 e. The van der Waals surface area contributed by atoms with Gasteiger partial charge in [0.05, 0.1) is 43.6 Å². The molecule has 0 fully saturated rings. The number of aliphatic carboxylic acids is 1. The van der Waals surface area contributed by atoms with Crippen molar-refractivity contribution in [1.29, 1.82) is 0 Å². The summed E-state index contributed by atoms with van der Waals surface area (Å²) in [6, 6.07) is 6.05. The third kappa shape index (κ3) is 4.13. The van der Waals surface area contributed by atoms with E-state index < -0.39 is 17.9 Å². The summed E-state index contributed by atoms with van der Waals surface area (Å²) in [5.74, 6) is -0.527. The number of nitrogens with one attached hydrogen (secondary N) is 1. The van der Waals surface area contributed by atoms with Gasteiger partial charge in [-0.15, -0.1) is 0 Å². The topological polar surface area (TPSA) is 115 Å². The largest absolute Gasteiger partial charge is 0.493 e. The molecule has 0 saturated heterocycles. The molecule has 2 heterocycles. The highest BCUT2D eigenvalue weighted by molar-refractivity contribution is 5.95. The zero-order chi connectivity index (χ0) is 21.1. The lowest BCUT2D eigenvalue weighted by molar-refractivity contribution is -0.137.